The van der Waals surface area contributed by atoms with Gasteiger partial charge in [-0.05, 0) is 36.8 Å². The molecule has 0 aliphatic heterocycles. The summed E-state index contributed by atoms with van der Waals surface area (Å²) in [6.07, 6.45) is 0. The quantitative estimate of drug-likeness (QED) is 0.923. The number of nitrogens with one attached hydrogen (secondary N) is 1. The zero-order valence-corrected chi connectivity index (χ0v) is 11.0. The van der Waals surface area contributed by atoms with Crippen LogP contribution in [0.25, 0.3) is 0 Å². The van der Waals surface area contributed by atoms with Gasteiger partial charge in [-0.1, -0.05) is 6.07 Å². The Morgan fingerprint density at radius 2 is 1.85 bits per heavy atom. The van der Waals surface area contributed by atoms with E-state index in [1.54, 1.807) is 18.2 Å². The zero-order valence-electron chi connectivity index (χ0n) is 11.0. The summed E-state index contributed by atoms with van der Waals surface area (Å²) in [6, 6.07) is 9.47. The normalized spacial score (nSPS) is 9.95. The Balaban J connectivity index is 2.43. The fraction of sp³-hybridized carbons (Fsp3) is 0.133. The van der Waals surface area contributed by atoms with Crippen LogP contribution in [0.5, 0.6) is 5.75 Å². The molecule has 5 heteroatoms. The van der Waals surface area contributed by atoms with Gasteiger partial charge in [0.25, 0.3) is 0 Å². The molecule has 0 heterocycles. The second-order valence-corrected chi connectivity index (χ2v) is 4.23. The Labute approximate surface area is 115 Å². The van der Waals surface area contributed by atoms with E-state index in [4.69, 9.17) is 10.00 Å². The first-order valence-electron chi connectivity index (χ1n) is 5.86. The number of rotatable bonds is 3. The minimum Gasteiger partial charge on any atom is -0.495 e. The minimum atomic E-state index is -1.16. The molecule has 0 aliphatic carbocycles. The molecule has 0 radical (unpaired) electrons. The third kappa shape index (κ3) is 2.54. The highest BCUT2D eigenvalue weighted by molar-refractivity contribution is 5.68. The topological polar surface area (TPSA) is 45.0 Å². The zero-order chi connectivity index (χ0) is 14.7. The SMILES string of the molecule is COc1ccc(C)cc1Nc1ccc(C#N)c(F)c1F. The van der Waals surface area contributed by atoms with Crippen molar-refractivity contribution in [1.82, 2.24) is 0 Å². The molecule has 0 aromatic heterocycles. The molecule has 0 atom stereocenters. The first-order chi connectivity index (χ1) is 9.56. The maximum absolute atomic E-state index is 13.8. The molecular weight excluding hydrogens is 262 g/mol. The number of nitriles is 1. The van der Waals surface area contributed by atoms with Crippen LogP contribution in [-0.2, 0) is 0 Å². The van der Waals surface area contributed by atoms with Gasteiger partial charge in [0.2, 0.25) is 0 Å². The molecule has 2 rings (SSSR count). The van der Waals surface area contributed by atoms with E-state index in [1.165, 1.54) is 19.2 Å². The minimum absolute atomic E-state index is 0.0506. The van der Waals surface area contributed by atoms with Gasteiger partial charge in [-0.3, -0.25) is 0 Å². The van der Waals surface area contributed by atoms with E-state index < -0.39 is 11.6 Å². The van der Waals surface area contributed by atoms with Crippen LogP contribution < -0.4 is 10.1 Å². The lowest BCUT2D eigenvalue weighted by Gasteiger charge is -2.13. The lowest BCUT2D eigenvalue weighted by Crippen LogP contribution is -2.00. The number of aryl methyl sites for hydroxylation is 1. The van der Waals surface area contributed by atoms with Crippen molar-refractivity contribution in [2.24, 2.45) is 0 Å². The second kappa shape index (κ2) is 5.57. The fourth-order valence-electron chi connectivity index (χ4n) is 1.80. The maximum Gasteiger partial charge on any atom is 0.183 e. The largest absolute Gasteiger partial charge is 0.495 e. The molecule has 0 saturated carbocycles. The number of halogens is 2. The Morgan fingerprint density at radius 1 is 1.10 bits per heavy atom. The molecule has 0 fully saturated rings. The van der Waals surface area contributed by atoms with Gasteiger partial charge in [0, 0.05) is 0 Å². The standard InChI is InChI=1S/C15H12F2N2O/c1-9-3-6-13(20-2)12(7-9)19-11-5-4-10(8-18)14(16)15(11)17/h3-7,19H,1-2H3. The van der Waals surface area contributed by atoms with Gasteiger partial charge < -0.3 is 10.1 Å². The summed E-state index contributed by atoms with van der Waals surface area (Å²) in [5, 5.41) is 11.4. The van der Waals surface area contributed by atoms with E-state index in [0.29, 0.717) is 11.4 Å². The van der Waals surface area contributed by atoms with Crippen molar-refractivity contribution >= 4 is 11.4 Å². The van der Waals surface area contributed by atoms with Crippen molar-refractivity contribution in [3.63, 3.8) is 0 Å². The van der Waals surface area contributed by atoms with Crippen LogP contribution in [0.4, 0.5) is 20.2 Å². The summed E-state index contributed by atoms with van der Waals surface area (Å²) in [6.45, 7) is 1.88. The van der Waals surface area contributed by atoms with E-state index in [0.717, 1.165) is 5.56 Å². The molecule has 0 bridgehead atoms. The summed E-state index contributed by atoms with van der Waals surface area (Å²) in [4.78, 5) is 0. The van der Waals surface area contributed by atoms with Crippen LogP contribution in [-0.4, -0.2) is 7.11 Å². The monoisotopic (exact) mass is 274 g/mol. The van der Waals surface area contributed by atoms with Crippen molar-refractivity contribution in [2.45, 2.75) is 6.92 Å². The first kappa shape index (κ1) is 13.8. The van der Waals surface area contributed by atoms with Crippen molar-refractivity contribution in [3.8, 4) is 11.8 Å². The summed E-state index contributed by atoms with van der Waals surface area (Å²) in [5.74, 6) is -1.74. The van der Waals surface area contributed by atoms with E-state index >= 15 is 0 Å². The van der Waals surface area contributed by atoms with Crippen LogP contribution in [0.3, 0.4) is 0 Å². The van der Waals surface area contributed by atoms with Crippen molar-refractivity contribution in [1.29, 1.82) is 5.26 Å². The third-order valence-corrected chi connectivity index (χ3v) is 2.83. The molecule has 20 heavy (non-hydrogen) atoms. The lowest BCUT2D eigenvalue weighted by molar-refractivity contribution is 0.416. The van der Waals surface area contributed by atoms with Gasteiger partial charge in [-0.15, -0.1) is 0 Å². The Kier molecular flexibility index (Phi) is 3.85. The first-order valence-corrected chi connectivity index (χ1v) is 5.86. The van der Waals surface area contributed by atoms with Gasteiger partial charge in [-0.2, -0.15) is 5.26 Å². The van der Waals surface area contributed by atoms with Crippen LogP contribution >= 0.6 is 0 Å². The molecule has 2 aromatic rings. The number of hydrogen-bond donors (Lipinski definition) is 1. The molecule has 102 valence electrons. The number of nitrogens with zero attached hydrogens (tertiary/aromatic N) is 1. The molecule has 1 N–H and O–H groups in total. The number of hydrogen-bond acceptors (Lipinski definition) is 3. The molecule has 0 unspecified atom stereocenters. The summed E-state index contributed by atoms with van der Waals surface area (Å²) < 4.78 is 32.6. The predicted octanol–water partition coefficient (Wildman–Crippen LogP) is 3.90. The molecule has 2 aromatic carbocycles. The van der Waals surface area contributed by atoms with Crippen LogP contribution in [0.1, 0.15) is 11.1 Å². The van der Waals surface area contributed by atoms with Gasteiger partial charge in [0.05, 0.1) is 24.0 Å². The summed E-state index contributed by atoms with van der Waals surface area (Å²) >= 11 is 0. The molecular formula is C15H12F2N2O. The Hall–Kier alpha value is -2.61. The molecule has 0 saturated heterocycles. The molecule has 0 aliphatic rings. The van der Waals surface area contributed by atoms with Crippen LogP contribution in [0.2, 0.25) is 0 Å². The number of anilines is 2. The molecule has 0 spiro atoms. The van der Waals surface area contributed by atoms with E-state index in [2.05, 4.69) is 5.32 Å². The summed E-state index contributed by atoms with van der Waals surface area (Å²) in [7, 11) is 1.49. The van der Waals surface area contributed by atoms with Crippen molar-refractivity contribution in [2.75, 3.05) is 12.4 Å². The number of benzene rings is 2. The van der Waals surface area contributed by atoms with Crippen molar-refractivity contribution < 1.29 is 13.5 Å². The number of methoxy groups -OCH3 is 1. The lowest BCUT2D eigenvalue weighted by atomic mass is 10.1. The smallest absolute Gasteiger partial charge is 0.183 e. The van der Waals surface area contributed by atoms with Gasteiger partial charge in [-0.25, -0.2) is 8.78 Å². The molecule has 3 nitrogen and oxygen atoms in total. The van der Waals surface area contributed by atoms with Gasteiger partial charge in [0.1, 0.15) is 11.8 Å². The van der Waals surface area contributed by atoms with Crippen LogP contribution in [0.15, 0.2) is 30.3 Å². The van der Waals surface area contributed by atoms with Crippen LogP contribution in [0, 0.1) is 29.9 Å². The van der Waals surface area contributed by atoms with Crippen molar-refractivity contribution in [3.05, 3.63) is 53.1 Å². The second-order valence-electron chi connectivity index (χ2n) is 4.23. The highest BCUT2D eigenvalue weighted by Gasteiger charge is 2.14. The average Bonchev–Trinajstić information content (AvgIpc) is 2.44. The fourth-order valence-corrected chi connectivity index (χ4v) is 1.80. The third-order valence-electron chi connectivity index (χ3n) is 2.83. The van der Waals surface area contributed by atoms with E-state index in [1.807, 2.05) is 13.0 Å². The average molecular weight is 274 g/mol. The number of ether oxygens (including phenoxy) is 1. The van der Waals surface area contributed by atoms with Gasteiger partial charge in [0.15, 0.2) is 11.6 Å². The van der Waals surface area contributed by atoms with E-state index in [-0.39, 0.29) is 11.3 Å². The Morgan fingerprint density at radius 3 is 2.50 bits per heavy atom. The highest BCUT2D eigenvalue weighted by atomic mass is 19.2. The van der Waals surface area contributed by atoms with Gasteiger partial charge >= 0.3 is 0 Å². The maximum atomic E-state index is 13.8. The molecule has 0 amide bonds. The highest BCUT2D eigenvalue weighted by Crippen LogP contribution is 2.30. The Bertz CT molecular complexity index is 693. The predicted molar refractivity (Wildman–Crippen MR) is 72.1 cm³/mol. The summed E-state index contributed by atoms with van der Waals surface area (Å²) in [5.41, 5.74) is 1.09. The van der Waals surface area contributed by atoms with E-state index in [9.17, 15) is 8.78 Å².